The molecule has 1 aliphatic heterocycles. The van der Waals surface area contributed by atoms with Gasteiger partial charge >= 0.3 is 5.69 Å². The van der Waals surface area contributed by atoms with Crippen LogP contribution in [-0.2, 0) is 9.59 Å². The van der Waals surface area contributed by atoms with Crippen molar-refractivity contribution in [3.05, 3.63) is 123 Å². The van der Waals surface area contributed by atoms with E-state index in [4.69, 9.17) is 33.3 Å². The van der Waals surface area contributed by atoms with Crippen LogP contribution in [0.25, 0.3) is 6.08 Å². The number of para-hydroxylation sites is 1. The normalized spacial score (nSPS) is 14.2. The zero-order chi connectivity index (χ0) is 28.2. The molecule has 0 aromatic heterocycles. The average molecular weight is 572 g/mol. The van der Waals surface area contributed by atoms with E-state index >= 15 is 0 Å². The number of nitrogens with one attached hydrogen (secondary N) is 1. The van der Waals surface area contributed by atoms with Crippen LogP contribution in [0.1, 0.15) is 5.56 Å². The first-order chi connectivity index (χ1) is 19.3. The van der Waals surface area contributed by atoms with Crippen LogP contribution in [0.2, 0.25) is 5.02 Å². The van der Waals surface area contributed by atoms with Gasteiger partial charge < -0.3 is 9.47 Å². The molecular formula is C29H18ClN3O6S. The maximum Gasteiger partial charge on any atom is 0.312 e. The second kappa shape index (κ2) is 11.4. The highest BCUT2D eigenvalue weighted by atomic mass is 35.5. The molecule has 4 aromatic rings. The van der Waals surface area contributed by atoms with E-state index in [0.717, 1.165) is 0 Å². The fraction of sp³-hybridized carbons (Fsp3) is 0. The number of amides is 2. The predicted octanol–water partition coefficient (Wildman–Crippen LogP) is 6.66. The molecule has 5 rings (SSSR count). The summed E-state index contributed by atoms with van der Waals surface area (Å²) in [5, 5.41) is 14.7. The molecule has 198 valence electrons. The molecule has 4 aromatic carbocycles. The maximum absolute atomic E-state index is 13.4. The predicted molar refractivity (Wildman–Crippen MR) is 154 cm³/mol. The molecule has 0 atom stereocenters. The number of hydrogen-bond acceptors (Lipinski definition) is 7. The quantitative estimate of drug-likeness (QED) is 0.0867. The van der Waals surface area contributed by atoms with Crippen LogP contribution in [0.4, 0.5) is 11.4 Å². The number of rotatable bonds is 7. The number of nitrogens with zero attached hydrogens (tertiary/aromatic N) is 2. The number of anilines is 1. The van der Waals surface area contributed by atoms with Crippen LogP contribution in [0, 0.1) is 10.1 Å². The molecule has 0 bridgehead atoms. The van der Waals surface area contributed by atoms with Crippen LogP contribution < -0.4 is 19.7 Å². The molecule has 1 fully saturated rings. The van der Waals surface area contributed by atoms with E-state index in [1.807, 2.05) is 30.3 Å². The zero-order valence-electron chi connectivity index (χ0n) is 20.4. The summed E-state index contributed by atoms with van der Waals surface area (Å²) in [6.45, 7) is 0. The molecule has 2 amide bonds. The Morgan fingerprint density at radius 3 is 2.15 bits per heavy atom. The summed E-state index contributed by atoms with van der Waals surface area (Å²) >= 11 is 11.1. The summed E-state index contributed by atoms with van der Waals surface area (Å²) in [7, 11) is 0. The third-order valence-corrected chi connectivity index (χ3v) is 6.24. The third kappa shape index (κ3) is 5.83. The summed E-state index contributed by atoms with van der Waals surface area (Å²) in [6, 6.07) is 26.2. The second-order valence-electron chi connectivity index (χ2n) is 8.41. The molecule has 11 heteroatoms. The van der Waals surface area contributed by atoms with Crippen LogP contribution in [0.5, 0.6) is 23.0 Å². The van der Waals surface area contributed by atoms with Crippen molar-refractivity contribution in [3.63, 3.8) is 0 Å². The van der Waals surface area contributed by atoms with E-state index in [0.29, 0.717) is 28.0 Å². The highest BCUT2D eigenvalue weighted by molar-refractivity contribution is 7.80. The Labute approximate surface area is 238 Å². The molecule has 1 heterocycles. The SMILES string of the molecule is O=C1NC(=S)N(c2ccc(Oc3ccccc3)cc2)C(=O)/C1=C/c1ccc(Oc2ccc(Cl)cc2)c([N+](=O)[O-])c1. The molecule has 1 aliphatic rings. The largest absolute Gasteiger partial charge is 0.457 e. The van der Waals surface area contributed by atoms with E-state index < -0.39 is 16.7 Å². The van der Waals surface area contributed by atoms with Crippen molar-refractivity contribution < 1.29 is 24.0 Å². The minimum atomic E-state index is -0.723. The lowest BCUT2D eigenvalue weighted by Crippen LogP contribution is -2.54. The van der Waals surface area contributed by atoms with Gasteiger partial charge in [-0.05, 0) is 90.6 Å². The van der Waals surface area contributed by atoms with Crippen molar-refractivity contribution in [1.29, 1.82) is 0 Å². The van der Waals surface area contributed by atoms with Gasteiger partial charge in [0.15, 0.2) is 5.11 Å². The van der Waals surface area contributed by atoms with Gasteiger partial charge in [0.25, 0.3) is 11.8 Å². The molecular weight excluding hydrogens is 554 g/mol. The van der Waals surface area contributed by atoms with Crippen molar-refractivity contribution >= 4 is 58.2 Å². The number of halogens is 1. The van der Waals surface area contributed by atoms with Crippen molar-refractivity contribution in [3.8, 4) is 23.0 Å². The lowest BCUT2D eigenvalue weighted by Gasteiger charge is -2.29. The molecule has 40 heavy (non-hydrogen) atoms. The van der Waals surface area contributed by atoms with Crippen LogP contribution in [-0.4, -0.2) is 21.9 Å². The average Bonchev–Trinajstić information content (AvgIpc) is 2.94. The first kappa shape index (κ1) is 26.5. The topological polar surface area (TPSA) is 111 Å². The van der Waals surface area contributed by atoms with Gasteiger partial charge in [0, 0.05) is 11.1 Å². The highest BCUT2D eigenvalue weighted by Gasteiger charge is 2.34. The van der Waals surface area contributed by atoms with Crippen LogP contribution >= 0.6 is 23.8 Å². The van der Waals surface area contributed by atoms with Gasteiger partial charge in [-0.1, -0.05) is 35.9 Å². The second-order valence-corrected chi connectivity index (χ2v) is 9.23. The van der Waals surface area contributed by atoms with Gasteiger partial charge in [-0.25, -0.2) is 0 Å². The number of ether oxygens (including phenoxy) is 2. The Morgan fingerprint density at radius 2 is 1.48 bits per heavy atom. The van der Waals surface area contributed by atoms with Gasteiger partial charge in [-0.3, -0.25) is 29.9 Å². The van der Waals surface area contributed by atoms with Gasteiger partial charge in [-0.15, -0.1) is 0 Å². The minimum absolute atomic E-state index is 0.0190. The molecule has 9 nitrogen and oxygen atoms in total. The minimum Gasteiger partial charge on any atom is -0.457 e. The summed E-state index contributed by atoms with van der Waals surface area (Å²) in [5.74, 6) is 0.114. The van der Waals surface area contributed by atoms with Gasteiger partial charge in [-0.2, -0.15) is 0 Å². The van der Waals surface area contributed by atoms with Crippen molar-refractivity contribution in [2.24, 2.45) is 0 Å². The summed E-state index contributed by atoms with van der Waals surface area (Å²) in [4.78, 5) is 38.4. The van der Waals surface area contributed by atoms with Gasteiger partial charge in [0.2, 0.25) is 5.75 Å². The third-order valence-electron chi connectivity index (χ3n) is 5.71. The highest BCUT2D eigenvalue weighted by Crippen LogP contribution is 2.34. The van der Waals surface area contributed by atoms with Gasteiger partial charge in [0.1, 0.15) is 22.8 Å². The lowest BCUT2D eigenvalue weighted by molar-refractivity contribution is -0.385. The summed E-state index contributed by atoms with van der Waals surface area (Å²) < 4.78 is 11.4. The fourth-order valence-electron chi connectivity index (χ4n) is 3.83. The summed E-state index contributed by atoms with van der Waals surface area (Å²) in [6.07, 6.45) is 1.26. The van der Waals surface area contributed by atoms with Crippen LogP contribution in [0.3, 0.4) is 0 Å². The Morgan fingerprint density at radius 1 is 0.850 bits per heavy atom. The Bertz CT molecular complexity index is 1660. The van der Waals surface area contributed by atoms with E-state index in [1.165, 1.54) is 29.2 Å². The number of hydrogen-bond donors (Lipinski definition) is 1. The first-order valence-corrected chi connectivity index (χ1v) is 12.5. The molecule has 1 N–H and O–H groups in total. The van der Waals surface area contributed by atoms with E-state index in [1.54, 1.807) is 48.5 Å². The Hall–Kier alpha value is -5.06. The first-order valence-electron chi connectivity index (χ1n) is 11.7. The number of carbonyl (C=O) groups is 2. The number of carbonyl (C=O) groups excluding carboxylic acids is 2. The maximum atomic E-state index is 13.4. The molecule has 0 spiro atoms. The van der Waals surface area contributed by atoms with E-state index in [9.17, 15) is 19.7 Å². The number of nitro benzene ring substituents is 1. The Balaban J connectivity index is 1.40. The van der Waals surface area contributed by atoms with Crippen molar-refractivity contribution in [1.82, 2.24) is 5.32 Å². The fourth-order valence-corrected chi connectivity index (χ4v) is 4.24. The molecule has 0 saturated carbocycles. The van der Waals surface area contributed by atoms with Crippen LogP contribution in [0.15, 0.2) is 103 Å². The molecule has 0 radical (unpaired) electrons. The standard InChI is InChI=1S/C29H18ClN3O6S/c30-19-7-11-23(12-8-19)39-26-15-6-18(17-25(26)33(36)37)16-24-27(34)31-29(40)32(28(24)35)20-9-13-22(14-10-20)38-21-4-2-1-3-5-21/h1-17H,(H,31,34,40)/b24-16+. The number of nitro groups is 1. The number of benzene rings is 4. The van der Waals surface area contributed by atoms with E-state index in [-0.39, 0.29) is 27.7 Å². The van der Waals surface area contributed by atoms with Crippen molar-refractivity contribution in [2.45, 2.75) is 0 Å². The Kier molecular flexibility index (Phi) is 7.54. The lowest BCUT2D eigenvalue weighted by atomic mass is 10.1. The number of thiocarbonyl (C=S) groups is 1. The monoisotopic (exact) mass is 571 g/mol. The summed E-state index contributed by atoms with van der Waals surface area (Å²) in [5.41, 5.74) is 0.0419. The van der Waals surface area contributed by atoms with Gasteiger partial charge in [0.05, 0.1) is 10.6 Å². The molecule has 1 saturated heterocycles. The van der Waals surface area contributed by atoms with E-state index in [2.05, 4.69) is 5.32 Å². The molecule has 0 aliphatic carbocycles. The zero-order valence-corrected chi connectivity index (χ0v) is 22.0. The smallest absolute Gasteiger partial charge is 0.312 e. The van der Waals surface area contributed by atoms with Crippen molar-refractivity contribution in [2.75, 3.05) is 4.90 Å². The molecule has 0 unspecified atom stereocenters.